The molecular weight excluding hydrogens is 506 g/mol. The van der Waals surface area contributed by atoms with Gasteiger partial charge in [-0.1, -0.05) is 43.7 Å². The fraction of sp³-hybridized carbons (Fsp3) is 0.531. The summed E-state index contributed by atoms with van der Waals surface area (Å²) >= 11 is 0. The summed E-state index contributed by atoms with van der Waals surface area (Å²) in [6.45, 7) is 16.9. The van der Waals surface area contributed by atoms with Gasteiger partial charge in [0.25, 0.3) is 0 Å². The van der Waals surface area contributed by atoms with Crippen molar-refractivity contribution in [3.05, 3.63) is 64.7 Å². The summed E-state index contributed by atoms with van der Waals surface area (Å²) in [6.07, 6.45) is 1.15. The van der Waals surface area contributed by atoms with E-state index < -0.39 is 29.7 Å². The summed E-state index contributed by atoms with van der Waals surface area (Å²) < 4.78 is 5.49. The number of alkyl carbamates (subject to hydrolysis) is 1. The molecule has 0 aliphatic rings. The van der Waals surface area contributed by atoms with Crippen molar-refractivity contribution in [1.82, 2.24) is 15.5 Å². The summed E-state index contributed by atoms with van der Waals surface area (Å²) in [7, 11) is 0. The summed E-state index contributed by atoms with van der Waals surface area (Å²) in [5.74, 6) is -0.565. The SMILES string of the molecule is CCCC(C)NC(=O)C(c1c(C)cccc1C)N(C(=O)C(Cc1ccc(O)cc1)NC(=O)OC(C)(C)C)C(C)C. The van der Waals surface area contributed by atoms with E-state index >= 15 is 0 Å². The molecule has 8 nitrogen and oxygen atoms in total. The summed E-state index contributed by atoms with van der Waals surface area (Å²) in [6, 6.07) is 9.92. The Labute approximate surface area is 239 Å². The molecule has 3 N–H and O–H groups in total. The van der Waals surface area contributed by atoms with Crippen LogP contribution in [0.25, 0.3) is 0 Å². The van der Waals surface area contributed by atoms with E-state index in [4.69, 9.17) is 4.74 Å². The molecule has 0 saturated heterocycles. The van der Waals surface area contributed by atoms with Crippen LogP contribution in [0.4, 0.5) is 4.79 Å². The molecule has 0 fully saturated rings. The number of ether oxygens (including phenoxy) is 1. The number of amides is 3. The van der Waals surface area contributed by atoms with Gasteiger partial charge in [-0.2, -0.15) is 0 Å². The van der Waals surface area contributed by atoms with E-state index in [1.807, 2.05) is 52.8 Å². The first-order chi connectivity index (χ1) is 18.6. The minimum atomic E-state index is -1.02. The Morgan fingerprint density at radius 1 is 0.950 bits per heavy atom. The molecule has 2 rings (SSSR count). The van der Waals surface area contributed by atoms with E-state index in [0.717, 1.165) is 35.1 Å². The molecule has 220 valence electrons. The molecule has 3 atom stereocenters. The van der Waals surface area contributed by atoms with E-state index in [1.54, 1.807) is 37.8 Å². The van der Waals surface area contributed by atoms with Gasteiger partial charge in [0, 0.05) is 18.5 Å². The molecular formula is C32H47N3O5. The quantitative estimate of drug-likeness (QED) is 0.329. The lowest BCUT2D eigenvalue weighted by Crippen LogP contribution is -2.56. The van der Waals surface area contributed by atoms with Gasteiger partial charge in [-0.25, -0.2) is 4.79 Å². The molecule has 2 aromatic rings. The summed E-state index contributed by atoms with van der Waals surface area (Å²) in [4.78, 5) is 42.9. The lowest BCUT2D eigenvalue weighted by atomic mass is 9.92. The highest BCUT2D eigenvalue weighted by atomic mass is 16.6. The van der Waals surface area contributed by atoms with Gasteiger partial charge in [0.15, 0.2) is 0 Å². The maximum absolute atomic E-state index is 14.4. The number of nitrogens with one attached hydrogen (secondary N) is 2. The number of hydrogen-bond acceptors (Lipinski definition) is 5. The average Bonchev–Trinajstić information content (AvgIpc) is 2.82. The molecule has 8 heteroatoms. The average molecular weight is 554 g/mol. The molecule has 0 saturated carbocycles. The Morgan fingerprint density at radius 2 is 1.52 bits per heavy atom. The fourth-order valence-corrected chi connectivity index (χ4v) is 4.86. The van der Waals surface area contributed by atoms with E-state index in [0.29, 0.717) is 0 Å². The Bertz CT molecular complexity index is 1130. The van der Waals surface area contributed by atoms with Crippen LogP contribution < -0.4 is 10.6 Å². The van der Waals surface area contributed by atoms with Gasteiger partial charge in [-0.15, -0.1) is 0 Å². The van der Waals surface area contributed by atoms with Crippen LogP contribution in [0.1, 0.15) is 89.6 Å². The number of hydrogen-bond donors (Lipinski definition) is 3. The zero-order valence-electron chi connectivity index (χ0n) is 25.5. The highest BCUT2D eigenvalue weighted by Gasteiger charge is 2.39. The second-order valence-electron chi connectivity index (χ2n) is 11.8. The molecule has 0 heterocycles. The Balaban J connectivity index is 2.61. The van der Waals surface area contributed by atoms with E-state index in [1.165, 1.54) is 12.1 Å². The van der Waals surface area contributed by atoms with Crippen molar-refractivity contribution in [3.63, 3.8) is 0 Å². The van der Waals surface area contributed by atoms with Crippen molar-refractivity contribution in [2.45, 2.75) is 111 Å². The third kappa shape index (κ3) is 9.28. The van der Waals surface area contributed by atoms with E-state index in [2.05, 4.69) is 17.6 Å². The highest BCUT2D eigenvalue weighted by molar-refractivity contribution is 5.93. The second-order valence-corrected chi connectivity index (χ2v) is 11.8. The maximum atomic E-state index is 14.4. The first-order valence-corrected chi connectivity index (χ1v) is 14.1. The van der Waals surface area contributed by atoms with Crippen molar-refractivity contribution >= 4 is 17.9 Å². The number of rotatable bonds is 11. The maximum Gasteiger partial charge on any atom is 0.408 e. The predicted molar refractivity (Wildman–Crippen MR) is 158 cm³/mol. The van der Waals surface area contributed by atoms with Crippen LogP contribution in [0.15, 0.2) is 42.5 Å². The van der Waals surface area contributed by atoms with Crippen molar-refractivity contribution < 1.29 is 24.2 Å². The van der Waals surface area contributed by atoms with Crippen LogP contribution in [0.2, 0.25) is 0 Å². The Hall–Kier alpha value is -3.55. The first kappa shape index (κ1) is 32.7. The van der Waals surface area contributed by atoms with Gasteiger partial charge in [0.05, 0.1) is 0 Å². The monoisotopic (exact) mass is 553 g/mol. The van der Waals surface area contributed by atoms with Crippen LogP contribution in [-0.2, 0) is 20.7 Å². The second kappa shape index (κ2) is 14.2. The zero-order valence-corrected chi connectivity index (χ0v) is 25.5. The number of phenols is 1. The normalized spacial score (nSPS) is 13.8. The van der Waals surface area contributed by atoms with Crippen LogP contribution in [0, 0.1) is 13.8 Å². The van der Waals surface area contributed by atoms with Crippen molar-refractivity contribution in [1.29, 1.82) is 0 Å². The van der Waals surface area contributed by atoms with Gasteiger partial charge in [-0.3, -0.25) is 9.59 Å². The van der Waals surface area contributed by atoms with Gasteiger partial charge in [0.1, 0.15) is 23.4 Å². The third-order valence-corrected chi connectivity index (χ3v) is 6.63. The molecule has 0 bridgehead atoms. The zero-order chi connectivity index (χ0) is 30.2. The fourth-order valence-electron chi connectivity index (χ4n) is 4.86. The lowest BCUT2D eigenvalue weighted by Gasteiger charge is -2.38. The first-order valence-electron chi connectivity index (χ1n) is 14.1. The van der Waals surface area contributed by atoms with Crippen LogP contribution >= 0.6 is 0 Å². The number of benzene rings is 2. The summed E-state index contributed by atoms with van der Waals surface area (Å²) in [5.41, 5.74) is 2.55. The molecule has 3 unspecified atom stereocenters. The minimum absolute atomic E-state index is 0.0684. The van der Waals surface area contributed by atoms with Crippen molar-refractivity contribution in [2.24, 2.45) is 0 Å². The number of aromatic hydroxyl groups is 1. The van der Waals surface area contributed by atoms with Gasteiger partial charge in [0.2, 0.25) is 11.8 Å². The molecule has 3 amide bonds. The number of carbonyl (C=O) groups excluding carboxylic acids is 3. The molecule has 0 spiro atoms. The third-order valence-electron chi connectivity index (χ3n) is 6.63. The lowest BCUT2D eigenvalue weighted by molar-refractivity contribution is -0.144. The van der Waals surface area contributed by atoms with E-state index in [-0.39, 0.29) is 30.2 Å². The van der Waals surface area contributed by atoms with Crippen molar-refractivity contribution in [2.75, 3.05) is 0 Å². The number of phenolic OH excluding ortho intramolecular Hbond substituents is 1. The molecule has 2 aromatic carbocycles. The molecule has 0 aromatic heterocycles. The number of carbonyl (C=O) groups is 3. The minimum Gasteiger partial charge on any atom is -0.508 e. The molecule has 0 aliphatic carbocycles. The highest BCUT2D eigenvalue weighted by Crippen LogP contribution is 2.31. The van der Waals surface area contributed by atoms with Gasteiger partial charge >= 0.3 is 6.09 Å². The smallest absolute Gasteiger partial charge is 0.408 e. The van der Waals surface area contributed by atoms with Crippen molar-refractivity contribution in [3.8, 4) is 5.75 Å². The van der Waals surface area contributed by atoms with E-state index in [9.17, 15) is 19.5 Å². The topological polar surface area (TPSA) is 108 Å². The number of nitrogens with zero attached hydrogens (tertiary/aromatic N) is 1. The molecule has 0 aliphatic heterocycles. The van der Waals surface area contributed by atoms with Crippen LogP contribution in [-0.4, -0.2) is 51.6 Å². The van der Waals surface area contributed by atoms with Crippen LogP contribution in [0.3, 0.4) is 0 Å². The van der Waals surface area contributed by atoms with Crippen LogP contribution in [0.5, 0.6) is 5.75 Å². The number of aryl methyl sites for hydroxylation is 2. The molecule has 0 radical (unpaired) electrons. The van der Waals surface area contributed by atoms with Gasteiger partial charge < -0.3 is 25.4 Å². The molecule has 40 heavy (non-hydrogen) atoms. The largest absolute Gasteiger partial charge is 0.508 e. The Morgan fingerprint density at radius 3 is 2.02 bits per heavy atom. The standard InChI is InChI=1S/C32H47N3O5/c1-10-12-23(6)33-29(37)28(27-21(4)13-11-14-22(27)5)35(20(2)3)30(38)26(34-31(39)40-32(7,8)9)19-24-15-17-25(36)18-16-24/h11,13-18,20,23,26,28,36H,10,12,19H2,1-9H3,(H,33,37)(H,34,39). The predicted octanol–water partition coefficient (Wildman–Crippen LogP) is 5.73. The Kier molecular flexibility index (Phi) is 11.6. The summed E-state index contributed by atoms with van der Waals surface area (Å²) in [5, 5.41) is 15.6. The van der Waals surface area contributed by atoms with Gasteiger partial charge in [-0.05, 0) is 96.2 Å².